The van der Waals surface area contributed by atoms with Crippen molar-refractivity contribution in [2.24, 2.45) is 0 Å². The molecule has 1 N–H and O–H groups in total. The van der Waals surface area contributed by atoms with Crippen molar-refractivity contribution < 1.29 is 0 Å². The molecule has 2 fully saturated rings. The van der Waals surface area contributed by atoms with Gasteiger partial charge in [0.2, 0.25) is 0 Å². The molecule has 0 aromatic carbocycles. The molecule has 2 nitrogen and oxygen atoms in total. The van der Waals surface area contributed by atoms with Crippen LogP contribution in [0.2, 0.25) is 0 Å². The van der Waals surface area contributed by atoms with Crippen molar-refractivity contribution >= 4 is 16.9 Å². The third-order valence-corrected chi connectivity index (χ3v) is 4.06. The van der Waals surface area contributed by atoms with Crippen molar-refractivity contribution in [3.05, 3.63) is 0 Å². The van der Waals surface area contributed by atoms with Crippen molar-refractivity contribution in [3.8, 4) is 0 Å². The van der Waals surface area contributed by atoms with Gasteiger partial charge in [0, 0.05) is 18.3 Å². The van der Waals surface area contributed by atoms with Crippen molar-refractivity contribution in [1.82, 2.24) is 4.90 Å². The molecule has 0 aromatic rings. The van der Waals surface area contributed by atoms with E-state index in [1.165, 1.54) is 38.5 Å². The van der Waals surface area contributed by atoms with Crippen molar-refractivity contribution in [2.45, 2.75) is 44.6 Å². The molecule has 74 valence electrons. The molecule has 0 bridgehead atoms. The fourth-order valence-electron chi connectivity index (χ4n) is 2.33. The molecule has 0 radical (unpaired) electrons. The van der Waals surface area contributed by atoms with Crippen molar-refractivity contribution in [2.75, 3.05) is 12.3 Å². The topological polar surface area (TPSA) is 27.1 Å². The normalized spacial score (nSPS) is 26.5. The molecule has 1 aliphatic carbocycles. The summed E-state index contributed by atoms with van der Waals surface area (Å²) in [5, 5.41) is 8.70. The second kappa shape index (κ2) is 4.36. The fraction of sp³-hybridized carbons (Fsp3) is 0.900. The van der Waals surface area contributed by atoms with Crippen LogP contribution in [0, 0.1) is 5.41 Å². The quantitative estimate of drug-likeness (QED) is 0.701. The van der Waals surface area contributed by atoms with Crippen LogP contribution in [0.4, 0.5) is 0 Å². The van der Waals surface area contributed by atoms with Gasteiger partial charge in [-0.25, -0.2) is 0 Å². The standard InChI is InChI=1S/C10H18N2S/c11-10-12(7-4-8-13-10)9-5-2-1-3-6-9/h9,11H,1-8H2. The number of nitrogens with zero attached hydrogens (tertiary/aromatic N) is 1. The number of nitrogens with one attached hydrogen (secondary N) is 1. The number of hydrogen-bond donors (Lipinski definition) is 1. The summed E-state index contributed by atoms with van der Waals surface area (Å²) >= 11 is 1.73. The summed E-state index contributed by atoms with van der Waals surface area (Å²) in [5.41, 5.74) is 0. The molecule has 0 amide bonds. The maximum Gasteiger partial charge on any atom is 0.156 e. The van der Waals surface area contributed by atoms with Crippen LogP contribution in [-0.2, 0) is 0 Å². The molecule has 13 heavy (non-hydrogen) atoms. The highest BCUT2D eigenvalue weighted by atomic mass is 32.2. The summed E-state index contributed by atoms with van der Waals surface area (Å²) in [6.45, 7) is 1.14. The van der Waals surface area contributed by atoms with Gasteiger partial charge in [0.15, 0.2) is 5.17 Å². The first kappa shape index (κ1) is 9.38. The minimum absolute atomic E-state index is 0.703. The molecule has 1 aliphatic heterocycles. The number of amidine groups is 1. The zero-order valence-electron chi connectivity index (χ0n) is 8.09. The number of hydrogen-bond acceptors (Lipinski definition) is 2. The summed E-state index contributed by atoms with van der Waals surface area (Å²) in [5.74, 6) is 1.15. The maximum atomic E-state index is 7.87. The van der Waals surface area contributed by atoms with Gasteiger partial charge in [-0.2, -0.15) is 0 Å². The van der Waals surface area contributed by atoms with Crippen molar-refractivity contribution in [1.29, 1.82) is 5.41 Å². The molecule has 1 saturated carbocycles. The van der Waals surface area contributed by atoms with Gasteiger partial charge in [0.05, 0.1) is 0 Å². The monoisotopic (exact) mass is 198 g/mol. The van der Waals surface area contributed by atoms with Crippen LogP contribution >= 0.6 is 11.8 Å². The van der Waals surface area contributed by atoms with E-state index >= 15 is 0 Å². The Morgan fingerprint density at radius 2 is 1.92 bits per heavy atom. The molecule has 1 saturated heterocycles. The van der Waals surface area contributed by atoms with E-state index in [9.17, 15) is 0 Å². The van der Waals surface area contributed by atoms with Crippen LogP contribution in [0.25, 0.3) is 0 Å². The van der Waals surface area contributed by atoms with E-state index < -0.39 is 0 Å². The molecule has 0 aromatic heterocycles. The Kier molecular flexibility index (Phi) is 3.14. The lowest BCUT2D eigenvalue weighted by molar-refractivity contribution is 0.245. The molecule has 3 heteroatoms. The van der Waals surface area contributed by atoms with E-state index in [0.29, 0.717) is 6.04 Å². The Morgan fingerprint density at radius 1 is 1.15 bits per heavy atom. The first-order valence-corrected chi connectivity index (χ1v) is 6.34. The highest BCUT2D eigenvalue weighted by molar-refractivity contribution is 8.13. The average molecular weight is 198 g/mol. The predicted molar refractivity (Wildman–Crippen MR) is 58.4 cm³/mol. The summed E-state index contributed by atoms with van der Waals surface area (Å²) < 4.78 is 0. The summed E-state index contributed by atoms with van der Waals surface area (Å²) in [7, 11) is 0. The van der Waals surface area contributed by atoms with E-state index in [2.05, 4.69) is 4.90 Å². The Bertz CT molecular complexity index is 187. The molecular weight excluding hydrogens is 180 g/mol. The van der Waals surface area contributed by atoms with Crippen LogP contribution in [-0.4, -0.2) is 28.4 Å². The van der Waals surface area contributed by atoms with Gasteiger partial charge in [0.25, 0.3) is 0 Å². The van der Waals surface area contributed by atoms with E-state index in [1.807, 2.05) is 0 Å². The Hall–Kier alpha value is -0.180. The molecular formula is C10H18N2S. The van der Waals surface area contributed by atoms with E-state index in [1.54, 1.807) is 11.8 Å². The Morgan fingerprint density at radius 3 is 2.62 bits per heavy atom. The Balaban J connectivity index is 1.92. The lowest BCUT2D eigenvalue weighted by Gasteiger charge is -2.38. The van der Waals surface area contributed by atoms with E-state index in [4.69, 9.17) is 5.41 Å². The maximum absolute atomic E-state index is 7.87. The van der Waals surface area contributed by atoms with Crippen LogP contribution in [0.3, 0.4) is 0 Å². The van der Waals surface area contributed by atoms with Gasteiger partial charge in [0.1, 0.15) is 0 Å². The summed E-state index contributed by atoms with van der Waals surface area (Å²) in [4.78, 5) is 2.34. The minimum atomic E-state index is 0.703. The predicted octanol–water partition coefficient (Wildman–Crippen LogP) is 2.69. The van der Waals surface area contributed by atoms with Crippen LogP contribution < -0.4 is 0 Å². The molecule has 0 unspecified atom stereocenters. The zero-order valence-corrected chi connectivity index (χ0v) is 8.91. The van der Waals surface area contributed by atoms with Crippen LogP contribution in [0.5, 0.6) is 0 Å². The van der Waals surface area contributed by atoms with Crippen molar-refractivity contribution in [3.63, 3.8) is 0 Å². The van der Waals surface area contributed by atoms with Gasteiger partial charge in [-0.15, -0.1) is 0 Å². The third-order valence-electron chi connectivity index (χ3n) is 3.06. The molecule has 0 atom stereocenters. The van der Waals surface area contributed by atoms with Crippen LogP contribution in [0.1, 0.15) is 38.5 Å². The zero-order chi connectivity index (χ0) is 9.10. The second-order valence-corrected chi connectivity index (χ2v) is 5.08. The number of rotatable bonds is 1. The van der Waals surface area contributed by atoms with Gasteiger partial charge in [-0.05, 0) is 19.3 Å². The van der Waals surface area contributed by atoms with Gasteiger partial charge >= 0.3 is 0 Å². The summed E-state index contributed by atoms with van der Waals surface area (Å²) in [6, 6.07) is 0.703. The van der Waals surface area contributed by atoms with E-state index in [0.717, 1.165) is 17.5 Å². The second-order valence-electron chi connectivity index (χ2n) is 3.99. The van der Waals surface area contributed by atoms with E-state index in [-0.39, 0.29) is 0 Å². The third kappa shape index (κ3) is 2.19. The molecule has 2 aliphatic rings. The highest BCUT2D eigenvalue weighted by Crippen LogP contribution is 2.27. The molecule has 1 heterocycles. The first-order chi connectivity index (χ1) is 6.38. The molecule has 0 spiro atoms. The van der Waals surface area contributed by atoms with Gasteiger partial charge in [-0.1, -0.05) is 31.0 Å². The lowest BCUT2D eigenvalue weighted by atomic mass is 9.94. The SMILES string of the molecule is N=C1SCCCN1C1CCCCC1. The highest BCUT2D eigenvalue weighted by Gasteiger charge is 2.25. The number of thioether (sulfide) groups is 1. The lowest BCUT2D eigenvalue weighted by Crippen LogP contribution is -2.42. The van der Waals surface area contributed by atoms with Gasteiger partial charge in [-0.3, -0.25) is 5.41 Å². The minimum Gasteiger partial charge on any atom is -0.349 e. The largest absolute Gasteiger partial charge is 0.349 e. The first-order valence-electron chi connectivity index (χ1n) is 5.36. The molecule has 2 rings (SSSR count). The smallest absolute Gasteiger partial charge is 0.156 e. The fourth-order valence-corrected chi connectivity index (χ4v) is 3.20. The summed E-state index contributed by atoms with van der Waals surface area (Å²) in [6.07, 6.45) is 8.07. The van der Waals surface area contributed by atoms with Gasteiger partial charge < -0.3 is 4.90 Å². The average Bonchev–Trinajstić information content (AvgIpc) is 2.20. The Labute approximate surface area is 84.6 Å². The van der Waals surface area contributed by atoms with Crippen LogP contribution in [0.15, 0.2) is 0 Å².